The number of hydrogen-bond acceptors (Lipinski definition) is 1. The van der Waals surface area contributed by atoms with Crippen LogP contribution >= 0.6 is 0 Å². The van der Waals surface area contributed by atoms with Crippen molar-refractivity contribution in [3.8, 4) is 0 Å². The van der Waals surface area contributed by atoms with Crippen molar-refractivity contribution in [2.45, 2.75) is 0 Å². The van der Waals surface area contributed by atoms with Gasteiger partial charge in [-0.2, -0.15) is 4.99 Å². The van der Waals surface area contributed by atoms with Crippen molar-refractivity contribution < 1.29 is 4.48 Å². The fourth-order valence-electron chi connectivity index (χ4n) is 0.853. The standard InChI is InChI=1S/C8H11N2/c1-4-8-9-6-7-10(8,3)5-2/h4-7H,1-2H2,3H3/q+1. The second-order valence-electron chi connectivity index (χ2n) is 2.32. The molecule has 1 unspecified atom stereocenters. The topological polar surface area (TPSA) is 12.4 Å². The van der Waals surface area contributed by atoms with E-state index in [1.807, 2.05) is 19.4 Å². The molecule has 1 rings (SSSR count). The van der Waals surface area contributed by atoms with Gasteiger partial charge in [-0.3, -0.25) is 0 Å². The fraction of sp³-hybridized carbons (Fsp3) is 0.125. The zero-order chi connectivity index (χ0) is 7.61. The number of quaternary nitrogens is 1. The highest BCUT2D eigenvalue weighted by Crippen LogP contribution is 2.13. The van der Waals surface area contributed by atoms with E-state index in [9.17, 15) is 0 Å². The number of nitrogens with zero attached hydrogens (tertiary/aromatic N) is 2. The summed E-state index contributed by atoms with van der Waals surface area (Å²) in [5, 5.41) is 0. The van der Waals surface area contributed by atoms with Gasteiger partial charge >= 0.3 is 0 Å². The van der Waals surface area contributed by atoms with Crippen molar-refractivity contribution in [3.63, 3.8) is 0 Å². The molecule has 0 amide bonds. The molecular formula is C8H11N2+. The van der Waals surface area contributed by atoms with Crippen molar-refractivity contribution >= 4 is 5.84 Å². The first-order chi connectivity index (χ1) is 4.73. The number of amidine groups is 1. The highest BCUT2D eigenvalue weighted by Gasteiger charge is 2.24. The Hall–Kier alpha value is -1.15. The SMILES string of the molecule is C=CC1=NC=C[N+]1(C)C=C. The summed E-state index contributed by atoms with van der Waals surface area (Å²) in [5.41, 5.74) is 0. The number of hydrogen-bond donors (Lipinski definition) is 0. The Balaban J connectivity index is 2.99. The first kappa shape index (κ1) is 6.96. The van der Waals surface area contributed by atoms with Crippen LogP contribution in [0.25, 0.3) is 0 Å². The van der Waals surface area contributed by atoms with E-state index in [0.717, 1.165) is 5.84 Å². The summed E-state index contributed by atoms with van der Waals surface area (Å²) < 4.78 is 0.545. The van der Waals surface area contributed by atoms with Crippen LogP contribution in [0.1, 0.15) is 0 Å². The van der Waals surface area contributed by atoms with Crippen LogP contribution in [0.4, 0.5) is 0 Å². The highest BCUT2D eigenvalue weighted by molar-refractivity contribution is 5.88. The van der Waals surface area contributed by atoms with Crippen LogP contribution in [0.3, 0.4) is 0 Å². The lowest BCUT2D eigenvalue weighted by Crippen LogP contribution is -2.34. The highest BCUT2D eigenvalue weighted by atomic mass is 15.4. The number of rotatable bonds is 2. The van der Waals surface area contributed by atoms with E-state index in [1.165, 1.54) is 0 Å². The molecule has 0 aromatic carbocycles. The Bertz CT molecular complexity index is 225. The second kappa shape index (κ2) is 2.23. The largest absolute Gasteiger partial charge is 0.236 e. The summed E-state index contributed by atoms with van der Waals surface area (Å²) in [5.74, 6) is 0.912. The predicted molar refractivity (Wildman–Crippen MR) is 43.2 cm³/mol. The average molecular weight is 135 g/mol. The van der Waals surface area contributed by atoms with Gasteiger partial charge < -0.3 is 0 Å². The molecule has 0 saturated heterocycles. The lowest BCUT2D eigenvalue weighted by atomic mass is 10.4. The van der Waals surface area contributed by atoms with Crippen LogP contribution in [0.15, 0.2) is 42.8 Å². The minimum absolute atomic E-state index is 0.545. The Morgan fingerprint density at radius 2 is 2.30 bits per heavy atom. The zero-order valence-electron chi connectivity index (χ0n) is 6.12. The van der Waals surface area contributed by atoms with Crippen molar-refractivity contribution in [2.24, 2.45) is 4.99 Å². The van der Waals surface area contributed by atoms with E-state index in [1.54, 1.807) is 12.3 Å². The Morgan fingerprint density at radius 1 is 1.60 bits per heavy atom. The Morgan fingerprint density at radius 3 is 2.70 bits per heavy atom. The first-order valence-corrected chi connectivity index (χ1v) is 3.11. The van der Waals surface area contributed by atoms with Crippen LogP contribution in [0.5, 0.6) is 0 Å². The minimum Gasteiger partial charge on any atom is -0.224 e. The molecule has 0 aromatic heterocycles. The van der Waals surface area contributed by atoms with E-state index in [0.29, 0.717) is 4.48 Å². The van der Waals surface area contributed by atoms with Gasteiger partial charge in [0.25, 0.3) is 0 Å². The van der Waals surface area contributed by atoms with Crippen LogP contribution in [-0.4, -0.2) is 17.4 Å². The fourth-order valence-corrected chi connectivity index (χ4v) is 0.853. The van der Waals surface area contributed by atoms with Crippen LogP contribution < -0.4 is 0 Å². The maximum absolute atomic E-state index is 4.10. The third-order valence-electron chi connectivity index (χ3n) is 1.64. The summed E-state index contributed by atoms with van der Waals surface area (Å²) >= 11 is 0. The molecule has 0 aliphatic carbocycles. The van der Waals surface area contributed by atoms with E-state index >= 15 is 0 Å². The minimum atomic E-state index is 0.545. The third kappa shape index (κ3) is 0.826. The molecular weight excluding hydrogens is 124 g/mol. The summed E-state index contributed by atoms with van der Waals surface area (Å²) in [6, 6.07) is 0. The Kier molecular flexibility index (Phi) is 1.55. The summed E-state index contributed by atoms with van der Waals surface area (Å²) in [7, 11) is 2.00. The summed E-state index contributed by atoms with van der Waals surface area (Å²) in [6.45, 7) is 7.36. The molecule has 0 fully saturated rings. The molecule has 0 aromatic rings. The normalized spacial score (nSPS) is 29.9. The molecule has 1 aliphatic heterocycles. The van der Waals surface area contributed by atoms with Gasteiger partial charge in [-0.25, -0.2) is 4.48 Å². The zero-order valence-corrected chi connectivity index (χ0v) is 6.12. The molecule has 0 radical (unpaired) electrons. The molecule has 10 heavy (non-hydrogen) atoms. The summed E-state index contributed by atoms with van der Waals surface area (Å²) in [4.78, 5) is 4.10. The lowest BCUT2D eigenvalue weighted by Gasteiger charge is -2.19. The molecule has 2 nitrogen and oxygen atoms in total. The summed E-state index contributed by atoms with van der Waals surface area (Å²) in [6.07, 6.45) is 7.26. The second-order valence-corrected chi connectivity index (χ2v) is 2.32. The van der Waals surface area contributed by atoms with Gasteiger partial charge in [0.1, 0.15) is 6.20 Å². The van der Waals surface area contributed by atoms with E-state index in [-0.39, 0.29) is 0 Å². The van der Waals surface area contributed by atoms with Crippen molar-refractivity contribution in [1.29, 1.82) is 0 Å². The monoisotopic (exact) mass is 135 g/mol. The quantitative estimate of drug-likeness (QED) is 0.510. The lowest BCUT2D eigenvalue weighted by molar-refractivity contribution is -0.702. The van der Waals surface area contributed by atoms with Gasteiger partial charge in [0, 0.05) is 6.08 Å². The van der Waals surface area contributed by atoms with Gasteiger partial charge in [-0.15, -0.1) is 0 Å². The van der Waals surface area contributed by atoms with E-state index in [2.05, 4.69) is 18.2 Å². The molecule has 0 saturated carbocycles. The molecule has 1 atom stereocenters. The van der Waals surface area contributed by atoms with Crippen LogP contribution in [-0.2, 0) is 0 Å². The number of likely N-dealkylation sites (N-methyl/N-ethyl adjacent to an activating group) is 1. The van der Waals surface area contributed by atoms with Crippen LogP contribution in [0.2, 0.25) is 0 Å². The van der Waals surface area contributed by atoms with Gasteiger partial charge in [-0.05, 0) is 6.58 Å². The average Bonchev–Trinajstić information content (AvgIpc) is 2.32. The number of aliphatic imine (C=N–C) groups is 1. The van der Waals surface area contributed by atoms with Gasteiger partial charge in [-0.1, -0.05) is 6.58 Å². The van der Waals surface area contributed by atoms with E-state index < -0.39 is 0 Å². The van der Waals surface area contributed by atoms with Crippen LogP contribution in [0, 0.1) is 0 Å². The van der Waals surface area contributed by atoms with E-state index in [4.69, 9.17) is 0 Å². The van der Waals surface area contributed by atoms with Crippen molar-refractivity contribution in [3.05, 3.63) is 37.8 Å². The molecule has 0 spiro atoms. The molecule has 0 bridgehead atoms. The first-order valence-electron chi connectivity index (χ1n) is 3.11. The van der Waals surface area contributed by atoms with Gasteiger partial charge in [0.15, 0.2) is 0 Å². The molecule has 0 N–H and O–H groups in total. The van der Waals surface area contributed by atoms with Crippen molar-refractivity contribution in [2.75, 3.05) is 7.05 Å². The molecule has 1 aliphatic rings. The van der Waals surface area contributed by atoms with Crippen molar-refractivity contribution in [1.82, 2.24) is 0 Å². The maximum Gasteiger partial charge on any atom is 0.236 e. The van der Waals surface area contributed by atoms with Gasteiger partial charge in [0.2, 0.25) is 5.84 Å². The molecule has 1 heterocycles. The molecule has 2 heteroatoms. The smallest absolute Gasteiger partial charge is 0.224 e. The maximum atomic E-state index is 4.10. The predicted octanol–water partition coefficient (Wildman–Crippen LogP) is 1.65. The van der Waals surface area contributed by atoms with Gasteiger partial charge in [0.05, 0.1) is 19.4 Å². The molecule has 52 valence electrons. The Labute approximate surface area is 61.1 Å². The third-order valence-corrected chi connectivity index (χ3v) is 1.64.